The van der Waals surface area contributed by atoms with Crippen LogP contribution in [0.5, 0.6) is 11.5 Å². The van der Waals surface area contributed by atoms with Gasteiger partial charge in [0.25, 0.3) is 0 Å². The van der Waals surface area contributed by atoms with Crippen molar-refractivity contribution in [2.75, 3.05) is 38.2 Å². The minimum absolute atomic E-state index is 0.00535. The lowest BCUT2D eigenvalue weighted by Gasteiger charge is -2.36. The molecule has 2 fully saturated rings. The maximum absolute atomic E-state index is 13.5. The Labute approximate surface area is 195 Å². The van der Waals surface area contributed by atoms with E-state index >= 15 is 0 Å². The number of aromatic nitrogens is 2. The third-order valence-corrected chi connectivity index (χ3v) is 8.63. The van der Waals surface area contributed by atoms with E-state index in [1.54, 1.807) is 51.4 Å². The predicted molar refractivity (Wildman–Crippen MR) is 127 cm³/mol. The molecule has 0 spiro atoms. The number of nitrogens with zero attached hydrogens (tertiary/aromatic N) is 4. The quantitative estimate of drug-likeness (QED) is 0.606. The van der Waals surface area contributed by atoms with Gasteiger partial charge in [-0.2, -0.15) is 14.1 Å². The second kappa shape index (κ2) is 9.72. The van der Waals surface area contributed by atoms with Crippen molar-refractivity contribution in [3.05, 3.63) is 40.8 Å². The van der Waals surface area contributed by atoms with Gasteiger partial charge in [0.05, 0.1) is 30.3 Å². The van der Waals surface area contributed by atoms with Crippen molar-refractivity contribution in [1.29, 1.82) is 0 Å². The third kappa shape index (κ3) is 4.86. The highest BCUT2D eigenvalue weighted by atomic mass is 32.2. The van der Waals surface area contributed by atoms with E-state index in [0.29, 0.717) is 43.3 Å². The van der Waals surface area contributed by atoms with E-state index in [1.165, 1.54) is 8.99 Å². The van der Waals surface area contributed by atoms with Crippen LogP contribution < -0.4 is 19.9 Å². The van der Waals surface area contributed by atoms with Gasteiger partial charge in [-0.3, -0.25) is 4.79 Å². The molecule has 10 heteroatoms. The molecule has 0 bridgehead atoms. The number of hydrogen-bond acceptors (Lipinski definition) is 7. The third-order valence-electron chi connectivity index (χ3n) is 6.35. The number of methoxy groups -OCH3 is 1. The number of piperazine rings is 1. The highest BCUT2D eigenvalue weighted by Gasteiger charge is 2.31. The summed E-state index contributed by atoms with van der Waals surface area (Å²) in [4.78, 5) is 15.5. The Bertz CT molecular complexity index is 1120. The number of hydrogen-bond donors (Lipinski definition) is 0. The molecule has 1 aromatic heterocycles. The van der Waals surface area contributed by atoms with Crippen molar-refractivity contribution in [3.63, 3.8) is 0 Å². The van der Waals surface area contributed by atoms with Gasteiger partial charge in [0.1, 0.15) is 11.4 Å². The van der Waals surface area contributed by atoms with E-state index in [4.69, 9.17) is 9.47 Å². The van der Waals surface area contributed by atoms with Gasteiger partial charge in [0, 0.05) is 26.2 Å². The van der Waals surface area contributed by atoms with Crippen LogP contribution in [-0.2, 0) is 10.0 Å². The van der Waals surface area contributed by atoms with E-state index in [1.807, 2.05) is 4.90 Å². The fourth-order valence-corrected chi connectivity index (χ4v) is 5.60. The zero-order valence-corrected chi connectivity index (χ0v) is 20.3. The van der Waals surface area contributed by atoms with Crippen LogP contribution >= 0.6 is 0 Å². The molecule has 1 saturated carbocycles. The summed E-state index contributed by atoms with van der Waals surface area (Å²) in [6.07, 6.45) is 5.68. The molecule has 1 aliphatic carbocycles. The van der Waals surface area contributed by atoms with Crippen LogP contribution in [0, 0.1) is 0 Å². The summed E-state index contributed by atoms with van der Waals surface area (Å²) in [7, 11) is -1.72. The minimum atomic E-state index is -3.31. The molecule has 0 amide bonds. The summed E-state index contributed by atoms with van der Waals surface area (Å²) >= 11 is 0. The maximum atomic E-state index is 13.5. The topological polar surface area (TPSA) is 94.0 Å². The highest BCUT2D eigenvalue weighted by Crippen LogP contribution is 2.30. The van der Waals surface area contributed by atoms with Crippen LogP contribution in [0.25, 0.3) is 5.69 Å². The van der Waals surface area contributed by atoms with E-state index in [0.717, 1.165) is 25.7 Å². The van der Waals surface area contributed by atoms with Crippen LogP contribution in [0.4, 0.5) is 5.69 Å². The second-order valence-corrected chi connectivity index (χ2v) is 11.3. The lowest BCUT2D eigenvalue weighted by Crippen LogP contribution is -2.50. The summed E-state index contributed by atoms with van der Waals surface area (Å²) in [6, 6.07) is 7.12. The molecule has 1 saturated heterocycles. The van der Waals surface area contributed by atoms with Gasteiger partial charge in [-0.05, 0) is 63.8 Å². The van der Waals surface area contributed by atoms with E-state index in [2.05, 4.69) is 5.10 Å². The van der Waals surface area contributed by atoms with Crippen molar-refractivity contribution < 1.29 is 17.9 Å². The van der Waals surface area contributed by atoms with E-state index in [9.17, 15) is 13.2 Å². The van der Waals surface area contributed by atoms with Crippen molar-refractivity contribution in [2.24, 2.45) is 0 Å². The van der Waals surface area contributed by atoms with Crippen molar-refractivity contribution in [3.8, 4) is 17.2 Å². The zero-order valence-electron chi connectivity index (χ0n) is 19.4. The van der Waals surface area contributed by atoms with Crippen LogP contribution in [0.1, 0.15) is 39.5 Å². The van der Waals surface area contributed by atoms with Gasteiger partial charge in [-0.25, -0.2) is 8.42 Å². The van der Waals surface area contributed by atoms with Crippen molar-refractivity contribution >= 4 is 15.7 Å². The Morgan fingerprint density at radius 1 is 1.03 bits per heavy atom. The summed E-state index contributed by atoms with van der Waals surface area (Å²) in [5, 5.41) is 3.96. The first kappa shape index (κ1) is 23.6. The molecule has 0 N–H and O–H groups in total. The largest absolute Gasteiger partial charge is 0.497 e. The van der Waals surface area contributed by atoms with Gasteiger partial charge in [-0.15, -0.1) is 0 Å². The van der Waals surface area contributed by atoms with Crippen molar-refractivity contribution in [2.45, 2.75) is 50.9 Å². The molecule has 180 valence electrons. The molecule has 2 heterocycles. The molecule has 0 atom stereocenters. The minimum Gasteiger partial charge on any atom is -0.497 e. The molecule has 2 aliphatic rings. The summed E-state index contributed by atoms with van der Waals surface area (Å²) in [6.45, 7) is 5.06. The number of sulfonamides is 1. The van der Waals surface area contributed by atoms with Gasteiger partial charge in [0.2, 0.25) is 15.8 Å². The first-order valence-corrected chi connectivity index (χ1v) is 13.0. The maximum Gasteiger partial charge on any atom is 0.316 e. The number of ether oxygens (including phenoxy) is 2. The SMILES string of the molecule is COc1ccc(-n2ncc(N3CCN(S(=O)(=O)C(C)C)CC3)c(OC3CCCC3)c2=O)cc1. The molecule has 0 radical (unpaired) electrons. The second-order valence-electron chi connectivity index (χ2n) is 8.78. The first-order valence-electron chi connectivity index (χ1n) is 11.5. The summed E-state index contributed by atoms with van der Waals surface area (Å²) in [5.74, 6) is 0.980. The Kier molecular flexibility index (Phi) is 6.94. The number of rotatable bonds is 7. The standard InChI is InChI=1S/C23H32N4O5S/c1-17(2)33(29,30)26-14-12-25(13-15-26)21-16-24-27(18-8-10-19(31-3)11-9-18)23(28)22(21)32-20-6-4-5-7-20/h8-11,16-17,20H,4-7,12-15H2,1-3H3. The first-order chi connectivity index (χ1) is 15.8. The van der Waals surface area contributed by atoms with E-state index in [-0.39, 0.29) is 17.4 Å². The number of anilines is 1. The lowest BCUT2D eigenvalue weighted by molar-refractivity contribution is 0.205. The Balaban J connectivity index is 1.64. The average Bonchev–Trinajstić information content (AvgIpc) is 3.34. The van der Waals surface area contributed by atoms with Crippen LogP contribution in [0.15, 0.2) is 35.3 Å². The molecule has 2 aromatic rings. The normalized spacial score (nSPS) is 18.1. The summed E-state index contributed by atoms with van der Waals surface area (Å²) in [5.41, 5.74) is 0.927. The Hall–Kier alpha value is -2.59. The van der Waals surface area contributed by atoms with Crippen LogP contribution in [0.2, 0.25) is 0 Å². The summed E-state index contributed by atoms with van der Waals surface area (Å²) < 4.78 is 39.4. The molecular weight excluding hydrogens is 444 g/mol. The smallest absolute Gasteiger partial charge is 0.316 e. The molecule has 1 aliphatic heterocycles. The predicted octanol–water partition coefficient (Wildman–Crippen LogP) is 2.42. The van der Waals surface area contributed by atoms with Crippen LogP contribution in [0.3, 0.4) is 0 Å². The number of benzene rings is 1. The van der Waals surface area contributed by atoms with Gasteiger partial charge in [-0.1, -0.05) is 0 Å². The average molecular weight is 477 g/mol. The molecule has 4 rings (SSSR count). The molecule has 33 heavy (non-hydrogen) atoms. The lowest BCUT2D eigenvalue weighted by atomic mass is 10.2. The molecular formula is C23H32N4O5S. The van der Waals surface area contributed by atoms with Gasteiger partial charge >= 0.3 is 5.56 Å². The monoisotopic (exact) mass is 476 g/mol. The van der Waals surface area contributed by atoms with E-state index < -0.39 is 15.3 Å². The fourth-order valence-electron chi connectivity index (χ4n) is 4.33. The van der Waals surface area contributed by atoms with Gasteiger partial charge in [0.15, 0.2) is 0 Å². The zero-order chi connectivity index (χ0) is 23.6. The van der Waals surface area contributed by atoms with Crippen molar-refractivity contribution in [1.82, 2.24) is 14.1 Å². The molecule has 9 nitrogen and oxygen atoms in total. The fraction of sp³-hybridized carbons (Fsp3) is 0.565. The van der Waals surface area contributed by atoms with Gasteiger partial charge < -0.3 is 14.4 Å². The molecule has 1 aromatic carbocycles. The van der Waals surface area contributed by atoms with Crippen LogP contribution in [-0.4, -0.2) is 67.1 Å². The highest BCUT2D eigenvalue weighted by molar-refractivity contribution is 7.89. The molecule has 0 unspecified atom stereocenters. The Morgan fingerprint density at radius 2 is 1.67 bits per heavy atom. The Morgan fingerprint density at radius 3 is 2.24 bits per heavy atom.